The van der Waals surface area contributed by atoms with Gasteiger partial charge in [-0.3, -0.25) is 47.5 Å². The topological polar surface area (TPSA) is 270 Å². The molecule has 87 heavy (non-hydrogen) atoms. The van der Waals surface area contributed by atoms with Crippen LogP contribution in [0.4, 0.5) is 0 Å². The molecule has 0 bridgehead atoms. The summed E-state index contributed by atoms with van der Waals surface area (Å²) in [5, 5.41) is 19.8. The fourth-order valence-electron chi connectivity index (χ4n) is 14.3. The Labute approximate surface area is 508 Å². The summed E-state index contributed by atoms with van der Waals surface area (Å²) in [7, 11) is -4.67. The summed E-state index contributed by atoms with van der Waals surface area (Å²) >= 11 is 0. The third-order valence-corrected chi connectivity index (χ3v) is 19.3. The van der Waals surface area contributed by atoms with E-state index in [0.29, 0.717) is 62.5 Å². The minimum Gasteiger partial charge on any atom is -0.507 e. The summed E-state index contributed by atoms with van der Waals surface area (Å²) < 4.78 is 43.9. The second-order valence-electron chi connectivity index (χ2n) is 27.6. The normalized spacial score (nSPS) is 27.1. The molecular formula is C70H78O16S. The number of benzene rings is 4. The van der Waals surface area contributed by atoms with E-state index in [1.807, 2.05) is 24.3 Å². The van der Waals surface area contributed by atoms with Crippen molar-refractivity contribution in [3.63, 3.8) is 0 Å². The zero-order valence-electron chi connectivity index (χ0n) is 50.8. The lowest BCUT2D eigenvalue weighted by atomic mass is 9.64. The highest BCUT2D eigenvalue weighted by atomic mass is 32.3. The Kier molecular flexibility index (Phi) is 18.2. The lowest BCUT2D eigenvalue weighted by Crippen LogP contribution is -2.45. The van der Waals surface area contributed by atoms with Crippen LogP contribution in [0.25, 0.3) is 11.5 Å². The second-order valence-corrected chi connectivity index (χ2v) is 28.5. The Morgan fingerprint density at radius 3 is 1.49 bits per heavy atom. The lowest BCUT2D eigenvalue weighted by Gasteiger charge is -2.41. The van der Waals surface area contributed by atoms with Crippen molar-refractivity contribution in [1.29, 1.82) is 0 Å². The van der Waals surface area contributed by atoms with Crippen LogP contribution in [-0.2, 0) is 29.5 Å². The van der Waals surface area contributed by atoms with Crippen LogP contribution in [0, 0.1) is 57.7 Å². The molecule has 2 fully saturated rings. The molecule has 2 saturated carbocycles. The lowest BCUT2D eigenvalue weighted by molar-refractivity contribution is -0.112. The van der Waals surface area contributed by atoms with Crippen molar-refractivity contribution in [2.45, 2.75) is 145 Å². The van der Waals surface area contributed by atoms with E-state index in [1.54, 1.807) is 66.7 Å². The van der Waals surface area contributed by atoms with Crippen molar-refractivity contribution >= 4 is 68.2 Å². The molecular weight excluding hydrogens is 1130 g/mol. The maximum atomic E-state index is 12.9. The molecule has 0 radical (unpaired) electrons. The number of carbonyl (C=O) groups excluding carboxylic acids is 8. The van der Waals surface area contributed by atoms with Crippen LogP contribution >= 0.6 is 0 Å². The van der Waals surface area contributed by atoms with Gasteiger partial charge in [-0.2, -0.15) is 8.42 Å². The molecule has 4 aromatic carbocycles. The van der Waals surface area contributed by atoms with Gasteiger partial charge >= 0.3 is 10.4 Å². The first kappa shape index (κ1) is 64.2. The Bertz CT molecular complexity index is 3670. The quantitative estimate of drug-likeness (QED) is 0.102. The molecule has 13 rings (SSSR count). The van der Waals surface area contributed by atoms with Gasteiger partial charge in [0.15, 0.2) is 23.5 Å². The van der Waals surface area contributed by atoms with E-state index >= 15 is 0 Å². The largest absolute Gasteiger partial charge is 0.507 e. The summed E-state index contributed by atoms with van der Waals surface area (Å²) in [6.07, 6.45) is 8.96. The zero-order chi connectivity index (χ0) is 63.4. The first-order valence-electron chi connectivity index (χ1n) is 30.1. The molecule has 4 aromatic rings. The number of ether oxygens (including phenoxy) is 2. The van der Waals surface area contributed by atoms with Gasteiger partial charge in [0.25, 0.3) is 0 Å². The van der Waals surface area contributed by atoms with Crippen LogP contribution in [0.15, 0.2) is 120 Å². The summed E-state index contributed by atoms with van der Waals surface area (Å²) in [6, 6.07) is 27.8. The van der Waals surface area contributed by atoms with E-state index in [2.05, 4.69) is 62.3 Å². The van der Waals surface area contributed by atoms with E-state index in [9.17, 15) is 48.6 Å². The molecule has 0 amide bonds. The number of hydrogen-bond donors (Lipinski definition) is 4. The molecule has 0 spiro atoms. The predicted molar refractivity (Wildman–Crippen MR) is 325 cm³/mol. The Morgan fingerprint density at radius 2 is 0.954 bits per heavy atom. The standard InChI is InChI=1S/2C20H22O3.C20H26O3.C10H6O3.H2O4S/c1-20(2,3)11-8-9-14-15(10-11)23-19-13-7-5-4-6-12(13)17(21)18(22)16(14)19;1-20(2,3)11-8-9-14-15(10-11)23-19-16(14)17(21)12-6-4-5-7-13(12)18(19)22;1-20(2,3)13-10-8-12(9-11-13)16-17(21)14-6-4-5-7-15(14)18(22)19(16)23;11-8-5-9(12)10(13)7-4-2-1-3-6(7)8;1-5(2,3)4/h4-7,11,14-15H,8-10H2,1-3H3;4-7,11,16,19H,8-10H2,1-3H3;4-7,12-13,16,19,23H,8-11H2,1-3H3;1-5,11H;(H2,1,2,3,4). The van der Waals surface area contributed by atoms with Gasteiger partial charge in [0.05, 0.1) is 23.2 Å². The Balaban J connectivity index is 0.000000137. The number of carbonyl (C=O) groups is 8. The maximum absolute atomic E-state index is 12.9. The van der Waals surface area contributed by atoms with Gasteiger partial charge in [0.2, 0.25) is 28.9 Å². The van der Waals surface area contributed by atoms with Crippen LogP contribution < -0.4 is 0 Å². The van der Waals surface area contributed by atoms with Crippen LogP contribution in [0.3, 0.4) is 0 Å². The van der Waals surface area contributed by atoms with Crippen molar-refractivity contribution in [1.82, 2.24) is 0 Å². The number of allylic oxidation sites excluding steroid dienone is 2. The number of aliphatic hydroxyl groups excluding tert-OH is 2. The molecule has 0 aromatic heterocycles. The van der Waals surface area contributed by atoms with E-state index in [4.69, 9.17) is 27.0 Å². The maximum Gasteiger partial charge on any atom is 0.394 e. The summed E-state index contributed by atoms with van der Waals surface area (Å²) in [5.41, 5.74) is 6.41. The van der Waals surface area contributed by atoms with Crippen molar-refractivity contribution < 1.29 is 75.6 Å². The smallest absolute Gasteiger partial charge is 0.394 e. The molecule has 16 nitrogen and oxygen atoms in total. The van der Waals surface area contributed by atoms with Gasteiger partial charge in [0, 0.05) is 62.9 Å². The number of rotatable bonds is 1. The summed E-state index contributed by atoms with van der Waals surface area (Å²) in [5.74, 6) is 0.236. The molecule has 460 valence electrons. The molecule has 2 aliphatic heterocycles. The second kappa shape index (κ2) is 24.7. The van der Waals surface area contributed by atoms with Gasteiger partial charge in [-0.25, -0.2) is 0 Å². The molecule has 8 unspecified atom stereocenters. The van der Waals surface area contributed by atoms with E-state index in [-0.39, 0.29) is 86.1 Å². The van der Waals surface area contributed by atoms with Crippen LogP contribution in [0.5, 0.6) is 0 Å². The van der Waals surface area contributed by atoms with E-state index < -0.39 is 40.1 Å². The predicted octanol–water partition coefficient (Wildman–Crippen LogP) is 12.8. The number of ketones is 8. The van der Waals surface area contributed by atoms with Gasteiger partial charge < -0.3 is 19.7 Å². The molecule has 8 atom stereocenters. The summed E-state index contributed by atoms with van der Waals surface area (Å²) in [6.45, 7) is 20.3. The van der Waals surface area contributed by atoms with E-state index in [1.165, 1.54) is 6.07 Å². The third kappa shape index (κ3) is 13.3. The molecule has 9 aliphatic rings. The molecule has 7 aliphatic carbocycles. The number of Topliss-reactive ketones (excluding diaryl/α,β-unsaturated/α-hetero) is 7. The van der Waals surface area contributed by atoms with E-state index in [0.717, 1.165) is 87.2 Å². The van der Waals surface area contributed by atoms with Gasteiger partial charge in [0.1, 0.15) is 23.7 Å². The monoisotopic (exact) mass is 1210 g/mol. The highest BCUT2D eigenvalue weighted by Gasteiger charge is 2.53. The van der Waals surface area contributed by atoms with Gasteiger partial charge in [-0.1, -0.05) is 159 Å². The molecule has 2 heterocycles. The molecule has 4 N–H and O–H groups in total. The van der Waals surface area contributed by atoms with Crippen LogP contribution in [-0.4, -0.2) is 92.3 Å². The highest BCUT2D eigenvalue weighted by Crippen LogP contribution is 2.53. The van der Waals surface area contributed by atoms with Crippen LogP contribution in [0.2, 0.25) is 0 Å². The van der Waals surface area contributed by atoms with Crippen molar-refractivity contribution in [3.05, 3.63) is 165 Å². The average Bonchev–Trinajstić information content (AvgIpc) is 1.71. The zero-order valence-corrected chi connectivity index (χ0v) is 51.6. The number of fused-ring (bicyclic) bond motifs is 9. The minimum absolute atomic E-state index is 0.0353. The SMILES string of the molecule is CC(C)(C)C1CCC(C2C(=O)c3ccccc3C(=O)C2O)CC1.CC(C)(C)C1CCC2=C(C1)OC1C(=O)c3ccccc3C(=O)C21.CC(C)(C)C1CCC2C3=C(OC2C1)c1ccccc1C(=O)C3=O.O=C1C=C(O)c2ccccc2C1=O.O=S(=O)(O)O. The number of hydrogen-bond acceptors (Lipinski definition) is 14. The highest BCUT2D eigenvalue weighted by molar-refractivity contribution is 7.79. The fourth-order valence-corrected chi connectivity index (χ4v) is 14.3. The first-order valence-corrected chi connectivity index (χ1v) is 31.4. The molecule has 0 saturated heterocycles. The van der Waals surface area contributed by atoms with Gasteiger partial charge in [-0.15, -0.1) is 0 Å². The average molecular weight is 1210 g/mol. The summed E-state index contributed by atoms with van der Waals surface area (Å²) in [4.78, 5) is 98.2. The minimum atomic E-state index is -4.67. The van der Waals surface area contributed by atoms with Crippen molar-refractivity contribution in [3.8, 4) is 0 Å². The Hall–Kier alpha value is -7.31. The Morgan fingerprint density at radius 1 is 0.494 bits per heavy atom. The fraction of sp³-hybridized carbons (Fsp3) is 0.457. The first-order chi connectivity index (χ1) is 40.8. The van der Waals surface area contributed by atoms with Gasteiger partial charge in [-0.05, 0) is 103 Å². The number of aliphatic hydroxyl groups is 2. The van der Waals surface area contributed by atoms with Crippen molar-refractivity contribution in [2.24, 2.45) is 57.7 Å². The van der Waals surface area contributed by atoms with Crippen LogP contribution in [0.1, 0.15) is 200 Å². The van der Waals surface area contributed by atoms with Crippen molar-refractivity contribution in [2.75, 3.05) is 0 Å². The molecule has 17 heteroatoms. The third-order valence-electron chi connectivity index (χ3n) is 19.3.